The van der Waals surface area contributed by atoms with Crippen molar-refractivity contribution >= 4 is 11.9 Å². The number of ether oxygens (including phenoxy) is 1. The third-order valence-corrected chi connectivity index (χ3v) is 11.5. The summed E-state index contributed by atoms with van der Waals surface area (Å²) in [5, 5.41) is 23.8. The lowest BCUT2D eigenvalue weighted by molar-refractivity contribution is -0.150. The third-order valence-electron chi connectivity index (χ3n) is 11.5. The Morgan fingerprint density at radius 1 is 0.500 bits per heavy atom. The fraction of sp³-hybridized carbons (Fsp3) is 0.750. The van der Waals surface area contributed by atoms with E-state index < -0.39 is 18.2 Å². The average molecular weight is 866 g/mol. The van der Waals surface area contributed by atoms with E-state index in [0.717, 1.165) is 77.0 Å². The van der Waals surface area contributed by atoms with Crippen LogP contribution in [0.25, 0.3) is 0 Å². The van der Waals surface area contributed by atoms with Crippen LogP contribution in [-0.2, 0) is 14.3 Å². The fourth-order valence-electron chi connectivity index (χ4n) is 7.57. The lowest BCUT2D eigenvalue weighted by Gasteiger charge is -2.24. The molecule has 3 atom stereocenters. The first-order valence-corrected chi connectivity index (χ1v) is 26.2. The average Bonchev–Trinajstić information content (AvgIpc) is 3.26. The van der Waals surface area contributed by atoms with Gasteiger partial charge in [-0.1, -0.05) is 229 Å². The van der Waals surface area contributed by atoms with E-state index >= 15 is 0 Å². The molecule has 0 heterocycles. The van der Waals surface area contributed by atoms with E-state index in [0.29, 0.717) is 19.3 Å². The Morgan fingerprint density at radius 3 is 1.39 bits per heavy atom. The van der Waals surface area contributed by atoms with Crippen molar-refractivity contribution in [2.75, 3.05) is 6.61 Å². The highest BCUT2D eigenvalue weighted by Crippen LogP contribution is 2.16. The molecule has 3 N–H and O–H groups in total. The number of amides is 1. The van der Waals surface area contributed by atoms with Crippen LogP contribution in [0.15, 0.2) is 72.9 Å². The molecule has 0 bridgehead atoms. The number of rotatable bonds is 46. The second-order valence-corrected chi connectivity index (χ2v) is 17.5. The van der Waals surface area contributed by atoms with Crippen LogP contribution in [0.1, 0.15) is 245 Å². The maximum Gasteiger partial charge on any atom is 0.306 e. The van der Waals surface area contributed by atoms with Crippen molar-refractivity contribution in [3.63, 3.8) is 0 Å². The van der Waals surface area contributed by atoms with Gasteiger partial charge in [-0.25, -0.2) is 0 Å². The molecule has 0 radical (unpaired) electrons. The molecule has 0 aliphatic carbocycles. The maximum absolute atomic E-state index is 13.2. The van der Waals surface area contributed by atoms with Gasteiger partial charge in [-0.05, 0) is 70.6 Å². The second kappa shape index (κ2) is 49.3. The summed E-state index contributed by atoms with van der Waals surface area (Å²) in [6.07, 6.45) is 62.6. The highest BCUT2D eigenvalue weighted by molar-refractivity contribution is 5.77. The van der Waals surface area contributed by atoms with Gasteiger partial charge in [0.15, 0.2) is 0 Å². The zero-order chi connectivity index (χ0) is 45.2. The number of carbonyl (C=O) groups excluding carboxylic acids is 2. The first kappa shape index (κ1) is 59.3. The van der Waals surface area contributed by atoms with Crippen LogP contribution in [0.2, 0.25) is 0 Å². The Labute approximate surface area is 383 Å². The number of unbranched alkanes of at least 4 members (excludes halogenated alkanes) is 23. The molecule has 0 saturated heterocycles. The second-order valence-electron chi connectivity index (χ2n) is 17.5. The summed E-state index contributed by atoms with van der Waals surface area (Å²) < 4.78 is 5.86. The number of aliphatic hydroxyl groups excluding tert-OH is 2. The van der Waals surface area contributed by atoms with Crippen LogP contribution >= 0.6 is 0 Å². The molecule has 0 aromatic rings. The number of allylic oxidation sites excluding steroid dienone is 11. The van der Waals surface area contributed by atoms with Gasteiger partial charge in [0.1, 0.15) is 6.10 Å². The van der Waals surface area contributed by atoms with Crippen LogP contribution < -0.4 is 5.32 Å². The van der Waals surface area contributed by atoms with Gasteiger partial charge in [0.2, 0.25) is 5.91 Å². The number of hydrogen-bond acceptors (Lipinski definition) is 5. The van der Waals surface area contributed by atoms with E-state index in [9.17, 15) is 19.8 Å². The molecule has 6 nitrogen and oxygen atoms in total. The number of hydrogen-bond donors (Lipinski definition) is 3. The molecule has 0 aromatic heterocycles. The van der Waals surface area contributed by atoms with Gasteiger partial charge in [0, 0.05) is 12.8 Å². The minimum atomic E-state index is -0.815. The Hall–Kier alpha value is -2.70. The van der Waals surface area contributed by atoms with Crippen LogP contribution in [0, 0.1) is 0 Å². The smallest absolute Gasteiger partial charge is 0.306 e. The van der Waals surface area contributed by atoms with Crippen LogP contribution in [0.3, 0.4) is 0 Å². The van der Waals surface area contributed by atoms with Crippen molar-refractivity contribution in [1.29, 1.82) is 0 Å². The van der Waals surface area contributed by atoms with Gasteiger partial charge >= 0.3 is 5.97 Å². The fourth-order valence-corrected chi connectivity index (χ4v) is 7.57. The molecule has 6 heteroatoms. The van der Waals surface area contributed by atoms with Gasteiger partial charge in [0.05, 0.1) is 25.2 Å². The van der Waals surface area contributed by atoms with Crippen molar-refractivity contribution in [2.24, 2.45) is 0 Å². The normalized spacial score (nSPS) is 13.8. The molecule has 0 rings (SSSR count). The van der Waals surface area contributed by atoms with Crippen LogP contribution in [-0.4, -0.2) is 46.9 Å². The Morgan fingerprint density at radius 2 is 0.903 bits per heavy atom. The zero-order valence-electron chi connectivity index (χ0n) is 40.7. The SMILES string of the molecule is CC/C=C\C/C=C\C/C=C\C/C=C\C/C=C\CC(CC(=O)NC(CO)C(O)CCCCCCCCCCCCCCCCCC)OC(=O)CCCCCCC/C=C\CCCCC. The number of esters is 1. The molecule has 0 spiro atoms. The minimum Gasteiger partial charge on any atom is -0.461 e. The maximum atomic E-state index is 13.2. The summed E-state index contributed by atoms with van der Waals surface area (Å²) >= 11 is 0. The number of carbonyl (C=O) groups is 2. The van der Waals surface area contributed by atoms with Crippen molar-refractivity contribution in [3.05, 3.63) is 72.9 Å². The van der Waals surface area contributed by atoms with Crippen molar-refractivity contribution in [2.45, 2.75) is 264 Å². The van der Waals surface area contributed by atoms with Gasteiger partial charge in [-0.2, -0.15) is 0 Å². The lowest BCUT2D eigenvalue weighted by Crippen LogP contribution is -2.46. The Bertz CT molecular complexity index is 1150. The Balaban J connectivity index is 4.68. The summed E-state index contributed by atoms with van der Waals surface area (Å²) in [5.74, 6) is -0.591. The lowest BCUT2D eigenvalue weighted by atomic mass is 10.0. The predicted molar refractivity (Wildman–Crippen MR) is 268 cm³/mol. The van der Waals surface area contributed by atoms with Crippen molar-refractivity contribution in [1.82, 2.24) is 5.32 Å². The van der Waals surface area contributed by atoms with E-state index in [1.807, 2.05) is 12.2 Å². The molecule has 0 fully saturated rings. The number of nitrogens with one attached hydrogen (secondary N) is 1. The molecule has 0 saturated carbocycles. The van der Waals surface area contributed by atoms with Gasteiger partial charge in [0.25, 0.3) is 0 Å². The topological polar surface area (TPSA) is 95.9 Å². The van der Waals surface area contributed by atoms with Gasteiger partial charge in [-0.3, -0.25) is 9.59 Å². The van der Waals surface area contributed by atoms with Crippen molar-refractivity contribution < 1.29 is 24.5 Å². The van der Waals surface area contributed by atoms with Crippen LogP contribution in [0.5, 0.6) is 0 Å². The molecule has 62 heavy (non-hydrogen) atoms. The minimum absolute atomic E-state index is 0.00567. The van der Waals surface area contributed by atoms with Crippen LogP contribution in [0.4, 0.5) is 0 Å². The zero-order valence-corrected chi connectivity index (χ0v) is 40.7. The highest BCUT2D eigenvalue weighted by atomic mass is 16.5. The summed E-state index contributed by atoms with van der Waals surface area (Å²) in [6.45, 7) is 6.32. The first-order valence-electron chi connectivity index (χ1n) is 26.2. The van der Waals surface area contributed by atoms with E-state index in [4.69, 9.17) is 4.74 Å². The molecule has 0 aliphatic rings. The molecular weight excluding hydrogens is 767 g/mol. The number of aliphatic hydroxyl groups is 2. The van der Waals surface area contributed by atoms with E-state index in [2.05, 4.69) is 86.8 Å². The van der Waals surface area contributed by atoms with E-state index in [1.165, 1.54) is 122 Å². The molecule has 1 amide bonds. The quantitative estimate of drug-likeness (QED) is 0.0322. The summed E-state index contributed by atoms with van der Waals surface area (Å²) in [6, 6.07) is -0.736. The predicted octanol–water partition coefficient (Wildman–Crippen LogP) is 15.8. The Kier molecular flexibility index (Phi) is 47.2. The molecular formula is C56H99NO5. The highest BCUT2D eigenvalue weighted by Gasteiger charge is 2.23. The van der Waals surface area contributed by atoms with E-state index in [-0.39, 0.29) is 24.9 Å². The van der Waals surface area contributed by atoms with E-state index in [1.54, 1.807) is 0 Å². The van der Waals surface area contributed by atoms with Crippen molar-refractivity contribution in [3.8, 4) is 0 Å². The largest absolute Gasteiger partial charge is 0.461 e. The third kappa shape index (κ3) is 43.9. The molecule has 0 aromatic carbocycles. The monoisotopic (exact) mass is 866 g/mol. The van der Waals surface area contributed by atoms with Gasteiger partial charge < -0.3 is 20.3 Å². The van der Waals surface area contributed by atoms with Gasteiger partial charge in [-0.15, -0.1) is 0 Å². The summed E-state index contributed by atoms with van der Waals surface area (Å²) in [4.78, 5) is 26.1. The standard InChI is InChI=1S/C56H99NO5/c1-4-7-10-13-16-19-22-25-27-29-31-33-36-39-42-45-48-54(59)53(51-58)57-55(60)50-52(47-44-41-38-35-32-30-28-26-23-20-17-14-11-8-5-2)62-56(61)49-46-43-40-37-34-24-21-18-15-12-9-6-3/h8,11,17-18,20-21,26,28,32,35,41,44,52-54,58-59H,4-7,9-10,12-16,19,22-25,27,29-31,33-34,36-40,42-43,45-51H2,1-3H3,(H,57,60)/b11-8-,20-17-,21-18-,28-26-,35-32-,44-41-. The molecule has 3 unspecified atom stereocenters. The molecule has 358 valence electrons. The summed E-state index contributed by atoms with van der Waals surface area (Å²) in [7, 11) is 0. The summed E-state index contributed by atoms with van der Waals surface area (Å²) in [5.41, 5.74) is 0. The first-order chi connectivity index (χ1) is 30.5. The molecule has 0 aliphatic heterocycles.